The van der Waals surface area contributed by atoms with Gasteiger partial charge in [-0.3, -0.25) is 4.72 Å². The highest BCUT2D eigenvalue weighted by atomic mass is 32.2. The summed E-state index contributed by atoms with van der Waals surface area (Å²) in [4.78, 5) is -0.254. The summed E-state index contributed by atoms with van der Waals surface area (Å²) in [5, 5.41) is 6.80. The molecule has 0 fully saturated rings. The Hall–Kier alpha value is -1.12. The molecule has 1 aromatic carbocycles. The summed E-state index contributed by atoms with van der Waals surface area (Å²) in [5.74, 6) is 0. The van der Waals surface area contributed by atoms with Gasteiger partial charge >= 0.3 is 0 Å². The van der Waals surface area contributed by atoms with Crippen molar-refractivity contribution in [2.45, 2.75) is 4.90 Å². The minimum Gasteiger partial charge on any atom is -0.284 e. The van der Waals surface area contributed by atoms with Crippen molar-refractivity contribution < 1.29 is 16.8 Å². The minimum absolute atomic E-state index is 0.117. The first kappa shape index (κ1) is 12.0. The second kappa shape index (κ2) is 3.80. The molecule has 83 valence electrons. The smallest absolute Gasteiger partial charge is 0.254 e. The largest absolute Gasteiger partial charge is 0.284 e. The van der Waals surface area contributed by atoms with E-state index in [2.05, 4.69) is 4.72 Å². The van der Waals surface area contributed by atoms with Gasteiger partial charge in [-0.25, -0.2) is 16.8 Å². The van der Waals surface area contributed by atoms with Gasteiger partial charge in [0, 0.05) is 5.69 Å². The predicted molar refractivity (Wildman–Crippen MR) is 55.2 cm³/mol. The normalized spacial score (nSPS) is 12.4. The van der Waals surface area contributed by atoms with Crippen molar-refractivity contribution in [3.05, 3.63) is 24.3 Å². The lowest BCUT2D eigenvalue weighted by molar-refractivity contribution is 0.595. The van der Waals surface area contributed by atoms with Gasteiger partial charge in [-0.2, -0.15) is 0 Å². The molecule has 0 unspecified atom stereocenters. The van der Waals surface area contributed by atoms with Crippen LogP contribution in [0.25, 0.3) is 0 Å². The van der Waals surface area contributed by atoms with Crippen LogP contribution < -0.4 is 9.86 Å². The molecular formula is C7H9N2O4S2. The maximum absolute atomic E-state index is 10.9. The van der Waals surface area contributed by atoms with E-state index >= 15 is 0 Å². The van der Waals surface area contributed by atoms with E-state index in [1.54, 1.807) is 0 Å². The fourth-order valence-corrected chi connectivity index (χ4v) is 2.04. The van der Waals surface area contributed by atoms with Gasteiger partial charge < -0.3 is 0 Å². The molecule has 0 aliphatic carbocycles. The standard InChI is InChI=1S/C7H9N2O4S2/c1-14(10,11)9-6-3-2-4-7(5-6)15(8,12)13/h2-5,8-9H,1H3. The molecule has 0 saturated heterocycles. The number of anilines is 1. The fraction of sp³-hybridized carbons (Fsp3) is 0.143. The maximum atomic E-state index is 10.9. The van der Waals surface area contributed by atoms with Gasteiger partial charge in [-0.15, -0.1) is 5.14 Å². The molecule has 0 aromatic heterocycles. The van der Waals surface area contributed by atoms with Gasteiger partial charge in [0.1, 0.15) is 0 Å². The molecule has 1 rings (SSSR count). The van der Waals surface area contributed by atoms with E-state index in [0.717, 1.165) is 12.3 Å². The molecule has 1 aromatic rings. The van der Waals surface area contributed by atoms with Crippen LogP contribution in [0.1, 0.15) is 0 Å². The second-order valence-electron chi connectivity index (χ2n) is 2.91. The molecule has 0 aliphatic rings. The lowest BCUT2D eigenvalue weighted by Gasteiger charge is -2.04. The first-order valence-electron chi connectivity index (χ1n) is 3.76. The van der Waals surface area contributed by atoms with E-state index in [9.17, 15) is 16.8 Å². The molecule has 6 nitrogen and oxygen atoms in total. The Morgan fingerprint density at radius 3 is 2.27 bits per heavy atom. The highest BCUT2D eigenvalue weighted by molar-refractivity contribution is 7.92. The predicted octanol–water partition coefficient (Wildman–Crippen LogP) is 0.0297. The van der Waals surface area contributed by atoms with Crippen LogP contribution in [0.2, 0.25) is 0 Å². The number of rotatable bonds is 3. The minimum atomic E-state index is -4.07. The zero-order valence-electron chi connectivity index (χ0n) is 7.76. The van der Waals surface area contributed by atoms with Crippen molar-refractivity contribution in [1.82, 2.24) is 5.14 Å². The first-order chi connectivity index (χ1) is 6.68. The molecule has 2 N–H and O–H groups in total. The number of sulfonamides is 2. The Morgan fingerprint density at radius 2 is 1.80 bits per heavy atom. The van der Waals surface area contributed by atoms with Gasteiger partial charge in [-0.05, 0) is 18.2 Å². The average Bonchev–Trinajstić information content (AvgIpc) is 1.99. The number of benzene rings is 1. The summed E-state index contributed by atoms with van der Waals surface area (Å²) >= 11 is 0. The SMILES string of the molecule is CS(=O)(=O)Nc1cccc(S([NH])(=O)=O)c1. The van der Waals surface area contributed by atoms with Crippen LogP contribution in [0, 0.1) is 0 Å². The van der Waals surface area contributed by atoms with Crippen molar-refractivity contribution in [2.75, 3.05) is 11.0 Å². The van der Waals surface area contributed by atoms with Gasteiger partial charge in [0.2, 0.25) is 10.0 Å². The molecule has 0 aliphatic heterocycles. The van der Waals surface area contributed by atoms with Gasteiger partial charge in [0.05, 0.1) is 11.2 Å². The van der Waals surface area contributed by atoms with Crippen molar-refractivity contribution in [1.29, 1.82) is 0 Å². The number of hydrogen-bond donors (Lipinski definition) is 1. The highest BCUT2D eigenvalue weighted by Gasteiger charge is 2.10. The molecule has 0 heterocycles. The lowest BCUT2D eigenvalue weighted by atomic mass is 10.3. The van der Waals surface area contributed by atoms with E-state index < -0.39 is 20.0 Å². The quantitative estimate of drug-likeness (QED) is 0.815. The van der Waals surface area contributed by atoms with Crippen molar-refractivity contribution >= 4 is 25.7 Å². The third-order valence-corrected chi connectivity index (χ3v) is 2.93. The molecule has 0 saturated carbocycles. The van der Waals surface area contributed by atoms with Crippen LogP contribution in [0.15, 0.2) is 29.2 Å². The number of nitrogens with one attached hydrogen (secondary N) is 2. The topological polar surface area (TPSA) is 104 Å². The number of hydrogen-bond acceptors (Lipinski definition) is 4. The first-order valence-corrected chi connectivity index (χ1v) is 7.13. The van der Waals surface area contributed by atoms with Crippen LogP contribution in [-0.4, -0.2) is 23.1 Å². The van der Waals surface area contributed by atoms with Crippen molar-refractivity contribution in [3.8, 4) is 0 Å². The molecule has 0 amide bonds. The second-order valence-corrected chi connectivity index (χ2v) is 6.13. The van der Waals surface area contributed by atoms with Crippen LogP contribution in [0.5, 0.6) is 0 Å². The van der Waals surface area contributed by atoms with E-state index in [-0.39, 0.29) is 10.6 Å². The summed E-state index contributed by atoms with van der Waals surface area (Å²) in [6.45, 7) is 0. The third-order valence-electron chi connectivity index (χ3n) is 1.45. The molecule has 8 heteroatoms. The van der Waals surface area contributed by atoms with E-state index in [1.165, 1.54) is 18.2 Å². The van der Waals surface area contributed by atoms with Crippen molar-refractivity contribution in [3.63, 3.8) is 0 Å². The highest BCUT2D eigenvalue weighted by Crippen LogP contribution is 2.15. The Bertz CT molecular complexity index is 562. The van der Waals surface area contributed by atoms with E-state index in [1.807, 2.05) is 0 Å². The zero-order chi connectivity index (χ0) is 11.7. The van der Waals surface area contributed by atoms with Crippen LogP contribution in [0.3, 0.4) is 0 Å². The maximum Gasteiger partial charge on any atom is 0.254 e. The summed E-state index contributed by atoms with van der Waals surface area (Å²) in [7, 11) is -7.51. The summed E-state index contributed by atoms with van der Waals surface area (Å²) < 4.78 is 45.5. The summed E-state index contributed by atoms with van der Waals surface area (Å²) in [6, 6.07) is 5.06. The monoisotopic (exact) mass is 249 g/mol. The van der Waals surface area contributed by atoms with E-state index in [4.69, 9.17) is 5.14 Å². The van der Waals surface area contributed by atoms with Gasteiger partial charge in [-0.1, -0.05) is 6.07 Å². The van der Waals surface area contributed by atoms with Crippen molar-refractivity contribution in [2.24, 2.45) is 0 Å². The molecule has 0 bridgehead atoms. The Kier molecular flexibility index (Phi) is 3.03. The molecule has 0 spiro atoms. The van der Waals surface area contributed by atoms with E-state index in [0.29, 0.717) is 0 Å². The van der Waals surface area contributed by atoms with Gasteiger partial charge in [0.25, 0.3) is 10.0 Å². The van der Waals surface area contributed by atoms with Crippen LogP contribution in [0.4, 0.5) is 5.69 Å². The van der Waals surface area contributed by atoms with Crippen LogP contribution in [-0.2, 0) is 20.0 Å². The molecule has 15 heavy (non-hydrogen) atoms. The lowest BCUT2D eigenvalue weighted by Crippen LogP contribution is -2.10. The molecule has 0 atom stereocenters. The Labute approximate surface area is 88.2 Å². The Balaban J connectivity index is 3.15. The van der Waals surface area contributed by atoms with Gasteiger partial charge in [0.15, 0.2) is 0 Å². The summed E-state index contributed by atoms with van der Waals surface area (Å²) in [5.41, 5.74) is 0.117. The molecular weight excluding hydrogens is 240 g/mol. The Morgan fingerprint density at radius 1 is 1.20 bits per heavy atom. The summed E-state index contributed by atoms with van der Waals surface area (Å²) in [6.07, 6.45) is 0.953. The third kappa shape index (κ3) is 3.86. The van der Waals surface area contributed by atoms with Crippen LogP contribution >= 0.6 is 0 Å². The average molecular weight is 249 g/mol. The fourth-order valence-electron chi connectivity index (χ4n) is 0.941. The molecule has 1 radical (unpaired) electrons. The zero-order valence-corrected chi connectivity index (χ0v) is 9.39.